The van der Waals surface area contributed by atoms with Crippen molar-refractivity contribution in [1.29, 1.82) is 0 Å². The largest absolute Gasteiger partial charge is 0.478 e. The number of carboxylic acid groups (broad SMARTS) is 1. The molecular formula is C19H18ClNO4. The number of benzene rings is 2. The number of morpholine rings is 1. The zero-order valence-corrected chi connectivity index (χ0v) is 14.5. The van der Waals surface area contributed by atoms with Gasteiger partial charge in [0.25, 0.3) is 5.91 Å². The van der Waals surface area contributed by atoms with Crippen molar-refractivity contribution >= 4 is 23.5 Å². The first-order chi connectivity index (χ1) is 12.0. The number of amides is 1. The van der Waals surface area contributed by atoms with Crippen molar-refractivity contribution in [3.8, 4) is 0 Å². The highest BCUT2D eigenvalue weighted by Gasteiger charge is 2.27. The predicted octanol–water partition coefficient (Wildman–Crippen LogP) is 3.56. The van der Waals surface area contributed by atoms with Crippen molar-refractivity contribution in [2.45, 2.75) is 13.0 Å². The molecule has 0 radical (unpaired) electrons. The summed E-state index contributed by atoms with van der Waals surface area (Å²) >= 11 is 6.23. The van der Waals surface area contributed by atoms with Crippen LogP contribution in [0.4, 0.5) is 0 Å². The van der Waals surface area contributed by atoms with Gasteiger partial charge in [0.2, 0.25) is 0 Å². The molecule has 2 aromatic rings. The van der Waals surface area contributed by atoms with E-state index in [2.05, 4.69) is 0 Å². The highest BCUT2D eigenvalue weighted by Crippen LogP contribution is 2.29. The summed E-state index contributed by atoms with van der Waals surface area (Å²) < 4.78 is 5.77. The fourth-order valence-electron chi connectivity index (χ4n) is 2.97. The number of hydrogen-bond donors (Lipinski definition) is 1. The van der Waals surface area contributed by atoms with E-state index in [4.69, 9.17) is 16.3 Å². The van der Waals surface area contributed by atoms with Crippen LogP contribution in [-0.2, 0) is 4.74 Å². The minimum Gasteiger partial charge on any atom is -0.478 e. The number of aryl methyl sites for hydroxylation is 1. The van der Waals surface area contributed by atoms with E-state index in [1.54, 1.807) is 30.0 Å². The third-order valence-corrected chi connectivity index (χ3v) is 4.52. The summed E-state index contributed by atoms with van der Waals surface area (Å²) in [6.45, 7) is 3.00. The van der Waals surface area contributed by atoms with Crippen LogP contribution in [0.25, 0.3) is 0 Å². The topological polar surface area (TPSA) is 66.8 Å². The molecule has 1 aliphatic heterocycles. The first kappa shape index (κ1) is 17.5. The fraction of sp³-hybridized carbons (Fsp3) is 0.263. The molecule has 130 valence electrons. The number of ether oxygens (including phenoxy) is 1. The number of carboxylic acids is 1. The lowest BCUT2D eigenvalue weighted by atomic mass is 10.0. The van der Waals surface area contributed by atoms with Crippen LogP contribution in [0.3, 0.4) is 0 Å². The molecule has 0 spiro atoms. The molecule has 1 saturated heterocycles. The molecule has 25 heavy (non-hydrogen) atoms. The Morgan fingerprint density at radius 3 is 2.64 bits per heavy atom. The third kappa shape index (κ3) is 3.83. The number of carbonyl (C=O) groups excluding carboxylic acids is 1. The highest BCUT2D eigenvalue weighted by molar-refractivity contribution is 6.31. The van der Waals surface area contributed by atoms with E-state index in [0.717, 1.165) is 11.1 Å². The van der Waals surface area contributed by atoms with Crippen molar-refractivity contribution in [2.75, 3.05) is 19.7 Å². The number of nitrogens with zero attached hydrogens (tertiary/aromatic N) is 1. The first-order valence-electron chi connectivity index (χ1n) is 7.96. The van der Waals surface area contributed by atoms with E-state index in [1.165, 1.54) is 6.07 Å². The van der Waals surface area contributed by atoms with Crippen LogP contribution in [0, 0.1) is 6.92 Å². The highest BCUT2D eigenvalue weighted by atomic mass is 35.5. The molecule has 1 atom stereocenters. The molecule has 0 bridgehead atoms. The average Bonchev–Trinajstić information content (AvgIpc) is 2.61. The van der Waals surface area contributed by atoms with Gasteiger partial charge in [0.1, 0.15) is 6.10 Å². The van der Waals surface area contributed by atoms with Gasteiger partial charge in [-0.15, -0.1) is 0 Å². The smallest absolute Gasteiger partial charge is 0.335 e. The summed E-state index contributed by atoms with van der Waals surface area (Å²) in [6.07, 6.45) is -0.296. The van der Waals surface area contributed by atoms with Gasteiger partial charge in [-0.05, 0) is 36.8 Å². The Balaban J connectivity index is 1.83. The second kappa shape index (κ2) is 7.25. The molecule has 1 heterocycles. The Morgan fingerprint density at radius 2 is 1.92 bits per heavy atom. The number of rotatable bonds is 3. The van der Waals surface area contributed by atoms with E-state index < -0.39 is 5.97 Å². The van der Waals surface area contributed by atoms with E-state index in [1.807, 2.05) is 18.2 Å². The molecule has 5 nitrogen and oxygen atoms in total. The molecule has 6 heteroatoms. The minimum absolute atomic E-state index is 0.110. The zero-order valence-electron chi connectivity index (χ0n) is 13.7. The van der Waals surface area contributed by atoms with Crippen molar-refractivity contribution in [2.24, 2.45) is 0 Å². The second-order valence-electron chi connectivity index (χ2n) is 6.02. The SMILES string of the molecule is Cc1cc(C(=O)O)cc(C(=O)N2CCOC(c3ccccc3Cl)C2)c1. The van der Waals surface area contributed by atoms with Gasteiger partial charge in [0, 0.05) is 22.7 Å². The number of aromatic carboxylic acids is 1. The van der Waals surface area contributed by atoms with Crippen molar-refractivity contribution < 1.29 is 19.4 Å². The molecular weight excluding hydrogens is 342 g/mol. The van der Waals surface area contributed by atoms with Gasteiger partial charge in [0.15, 0.2) is 0 Å². The maximum atomic E-state index is 12.8. The van der Waals surface area contributed by atoms with Gasteiger partial charge in [-0.25, -0.2) is 4.79 Å². The summed E-state index contributed by atoms with van der Waals surface area (Å²) in [6, 6.07) is 12.1. The standard InChI is InChI=1S/C19H18ClNO4/c1-12-8-13(10-14(9-12)19(23)24)18(22)21-6-7-25-17(11-21)15-4-2-3-5-16(15)20/h2-5,8-10,17H,6-7,11H2,1H3,(H,23,24). The number of carbonyl (C=O) groups is 2. The van der Waals surface area contributed by atoms with E-state index in [0.29, 0.717) is 30.3 Å². The third-order valence-electron chi connectivity index (χ3n) is 4.18. The first-order valence-corrected chi connectivity index (χ1v) is 8.34. The van der Waals surface area contributed by atoms with Crippen LogP contribution < -0.4 is 0 Å². The molecule has 1 fully saturated rings. The minimum atomic E-state index is -1.05. The van der Waals surface area contributed by atoms with Crippen LogP contribution in [-0.4, -0.2) is 41.6 Å². The van der Waals surface area contributed by atoms with Crippen LogP contribution in [0.2, 0.25) is 5.02 Å². The Morgan fingerprint density at radius 1 is 1.20 bits per heavy atom. The Hall–Kier alpha value is -2.37. The van der Waals surface area contributed by atoms with Crippen LogP contribution in [0.15, 0.2) is 42.5 Å². The quantitative estimate of drug-likeness (QED) is 0.909. The van der Waals surface area contributed by atoms with Crippen LogP contribution in [0.1, 0.15) is 37.9 Å². The maximum Gasteiger partial charge on any atom is 0.335 e. The molecule has 0 aliphatic carbocycles. The summed E-state index contributed by atoms with van der Waals surface area (Å²) in [4.78, 5) is 25.7. The fourth-order valence-corrected chi connectivity index (χ4v) is 3.23. The van der Waals surface area contributed by atoms with Gasteiger partial charge < -0.3 is 14.7 Å². The van der Waals surface area contributed by atoms with E-state index in [-0.39, 0.29) is 17.6 Å². The van der Waals surface area contributed by atoms with Crippen LogP contribution >= 0.6 is 11.6 Å². The van der Waals surface area contributed by atoms with Gasteiger partial charge >= 0.3 is 5.97 Å². The summed E-state index contributed by atoms with van der Waals surface area (Å²) in [5.74, 6) is -1.25. The monoisotopic (exact) mass is 359 g/mol. The molecule has 0 aromatic heterocycles. The number of halogens is 1. The lowest BCUT2D eigenvalue weighted by molar-refractivity contribution is -0.0227. The summed E-state index contributed by atoms with van der Waals surface area (Å²) in [5, 5.41) is 9.79. The van der Waals surface area contributed by atoms with Gasteiger partial charge in [-0.1, -0.05) is 29.8 Å². The number of hydrogen-bond acceptors (Lipinski definition) is 3. The molecule has 0 saturated carbocycles. The van der Waals surface area contributed by atoms with E-state index >= 15 is 0 Å². The van der Waals surface area contributed by atoms with Crippen molar-refractivity contribution in [3.63, 3.8) is 0 Å². The summed E-state index contributed by atoms with van der Waals surface area (Å²) in [5.41, 5.74) is 2.06. The normalized spacial score (nSPS) is 17.4. The molecule has 1 amide bonds. The summed E-state index contributed by atoms with van der Waals surface area (Å²) in [7, 11) is 0. The van der Waals surface area contributed by atoms with Gasteiger partial charge in [-0.3, -0.25) is 4.79 Å². The second-order valence-corrected chi connectivity index (χ2v) is 6.43. The molecule has 3 rings (SSSR count). The van der Waals surface area contributed by atoms with Crippen molar-refractivity contribution in [1.82, 2.24) is 4.90 Å². The van der Waals surface area contributed by atoms with Crippen LogP contribution in [0.5, 0.6) is 0 Å². The average molecular weight is 360 g/mol. The Bertz CT molecular complexity index is 821. The van der Waals surface area contributed by atoms with Crippen molar-refractivity contribution in [3.05, 3.63) is 69.7 Å². The Kier molecular flexibility index (Phi) is 5.06. The molecule has 1 unspecified atom stereocenters. The van der Waals surface area contributed by atoms with E-state index in [9.17, 15) is 14.7 Å². The predicted molar refractivity (Wildman–Crippen MR) is 94.2 cm³/mol. The maximum absolute atomic E-state index is 12.8. The lowest BCUT2D eigenvalue weighted by Gasteiger charge is -2.33. The molecule has 2 aromatic carbocycles. The zero-order chi connectivity index (χ0) is 18.0. The molecule has 1 N–H and O–H groups in total. The van der Waals surface area contributed by atoms with Gasteiger partial charge in [-0.2, -0.15) is 0 Å². The Labute approximate surface area is 150 Å². The molecule has 1 aliphatic rings. The van der Waals surface area contributed by atoms with Gasteiger partial charge in [0.05, 0.1) is 18.7 Å². The lowest BCUT2D eigenvalue weighted by Crippen LogP contribution is -2.42.